The van der Waals surface area contributed by atoms with Crippen molar-refractivity contribution in [2.24, 2.45) is 0 Å². The summed E-state index contributed by atoms with van der Waals surface area (Å²) in [6.07, 6.45) is -10.5. The largest absolute Gasteiger partial charge is 0.387 e. The van der Waals surface area contributed by atoms with Gasteiger partial charge in [-0.25, -0.2) is 0 Å². The molecule has 278 valence electrons. The van der Waals surface area contributed by atoms with Gasteiger partial charge >= 0.3 is 0 Å². The molecule has 52 heavy (non-hydrogen) atoms. The van der Waals surface area contributed by atoms with Gasteiger partial charge in [0.1, 0.15) is 48.8 Å². The molecule has 2 saturated heterocycles. The molecular formula is C41H48O11. The fourth-order valence-electron chi connectivity index (χ4n) is 6.32. The first-order valence-electron chi connectivity index (χ1n) is 17.6. The molecule has 4 aromatic rings. The normalized spacial score (nSPS) is 29.2. The zero-order valence-electron chi connectivity index (χ0n) is 29.2. The maximum absolute atomic E-state index is 10.8. The van der Waals surface area contributed by atoms with Gasteiger partial charge in [0.2, 0.25) is 0 Å². The van der Waals surface area contributed by atoms with Crippen LogP contribution < -0.4 is 0 Å². The molecule has 0 saturated carbocycles. The van der Waals surface area contributed by atoms with Crippen LogP contribution in [0.4, 0.5) is 0 Å². The maximum Gasteiger partial charge on any atom is 0.187 e. The molecular weight excluding hydrogens is 668 g/mol. The van der Waals surface area contributed by atoms with Gasteiger partial charge in [0.05, 0.1) is 39.6 Å². The zero-order chi connectivity index (χ0) is 36.1. The van der Waals surface area contributed by atoms with Crippen LogP contribution in [-0.4, -0.2) is 97.1 Å². The lowest BCUT2D eigenvalue weighted by Crippen LogP contribution is -2.63. The van der Waals surface area contributed by atoms with Crippen LogP contribution in [0, 0.1) is 0 Å². The van der Waals surface area contributed by atoms with E-state index in [1.54, 1.807) is 0 Å². The fourth-order valence-corrected chi connectivity index (χ4v) is 6.32. The minimum atomic E-state index is -1.51. The number of methoxy groups -OCH3 is 1. The lowest BCUT2D eigenvalue weighted by Gasteiger charge is -2.46. The van der Waals surface area contributed by atoms with Crippen molar-refractivity contribution in [3.63, 3.8) is 0 Å². The number of aliphatic hydroxyl groups is 3. The van der Waals surface area contributed by atoms with Gasteiger partial charge in [0, 0.05) is 7.11 Å². The molecule has 2 aliphatic heterocycles. The first-order chi connectivity index (χ1) is 25.5. The van der Waals surface area contributed by atoms with E-state index in [4.69, 9.17) is 37.9 Å². The Morgan fingerprint density at radius 2 is 0.885 bits per heavy atom. The molecule has 0 amide bonds. The fraction of sp³-hybridized carbons (Fsp3) is 0.415. The Morgan fingerprint density at radius 3 is 1.38 bits per heavy atom. The number of hydrogen-bond acceptors (Lipinski definition) is 11. The number of hydrogen-bond donors (Lipinski definition) is 3. The second-order valence-corrected chi connectivity index (χ2v) is 12.9. The summed E-state index contributed by atoms with van der Waals surface area (Å²) in [6.45, 7) is 1.04. The molecule has 0 bridgehead atoms. The standard InChI is InChI=1S/C41H48O11/c1-45-40-36(44)35(43)34(42)32(51-40)27-50-41-39(49-25-31-20-12-5-13-21-31)38(48-24-30-18-10-4-11-19-30)37(47-23-29-16-8-3-9-17-29)33(52-41)26-46-22-28-14-6-2-7-15-28/h2-21,32-44H,22-27H2,1H3/t32-,33-,34-,35+,36-,37-,38+,39-,40+,41-/m1/s1. The molecule has 0 spiro atoms. The molecule has 11 heteroatoms. The minimum Gasteiger partial charge on any atom is -0.387 e. The predicted octanol–water partition coefficient (Wildman–Crippen LogP) is 4.15. The lowest BCUT2D eigenvalue weighted by atomic mass is 9.97. The van der Waals surface area contributed by atoms with Crippen molar-refractivity contribution in [3.8, 4) is 0 Å². The minimum absolute atomic E-state index is 0.143. The van der Waals surface area contributed by atoms with E-state index >= 15 is 0 Å². The van der Waals surface area contributed by atoms with Gasteiger partial charge in [-0.05, 0) is 22.3 Å². The third-order valence-electron chi connectivity index (χ3n) is 9.17. The smallest absolute Gasteiger partial charge is 0.187 e. The first-order valence-corrected chi connectivity index (χ1v) is 17.6. The van der Waals surface area contributed by atoms with Crippen molar-refractivity contribution in [2.75, 3.05) is 20.3 Å². The Morgan fingerprint density at radius 1 is 0.442 bits per heavy atom. The SMILES string of the molecule is CO[C@H]1O[C@H](CO[C@@H]2O[C@H](COCc3ccccc3)[C@@H](OCc3ccccc3)[C@H](OCc3ccccc3)[C@H]2OCc2ccccc2)[C@@H](O)[C@H](O)[C@H]1O. The van der Waals surface area contributed by atoms with Crippen molar-refractivity contribution in [2.45, 2.75) is 87.8 Å². The lowest BCUT2D eigenvalue weighted by molar-refractivity contribution is -0.343. The maximum atomic E-state index is 10.8. The van der Waals surface area contributed by atoms with Gasteiger partial charge in [-0.2, -0.15) is 0 Å². The molecule has 2 fully saturated rings. The highest BCUT2D eigenvalue weighted by atomic mass is 16.7. The summed E-state index contributed by atoms with van der Waals surface area (Å²) in [6, 6.07) is 39.3. The van der Waals surface area contributed by atoms with E-state index in [1.807, 2.05) is 121 Å². The van der Waals surface area contributed by atoms with Crippen molar-refractivity contribution >= 4 is 0 Å². The van der Waals surface area contributed by atoms with E-state index in [-0.39, 0.29) is 33.0 Å². The van der Waals surface area contributed by atoms with Gasteiger partial charge < -0.3 is 53.2 Å². The third kappa shape index (κ3) is 10.3. The second-order valence-electron chi connectivity index (χ2n) is 12.9. The van der Waals surface area contributed by atoms with Crippen LogP contribution in [0.15, 0.2) is 121 Å². The van der Waals surface area contributed by atoms with Gasteiger partial charge in [0.15, 0.2) is 12.6 Å². The predicted molar refractivity (Wildman–Crippen MR) is 189 cm³/mol. The van der Waals surface area contributed by atoms with E-state index in [0.29, 0.717) is 6.61 Å². The molecule has 2 aliphatic rings. The van der Waals surface area contributed by atoms with Crippen LogP contribution in [0.3, 0.4) is 0 Å². The number of rotatable bonds is 17. The summed E-state index contributed by atoms with van der Waals surface area (Å²) in [5.41, 5.74) is 3.88. The first kappa shape index (κ1) is 38.2. The van der Waals surface area contributed by atoms with E-state index < -0.39 is 61.4 Å². The monoisotopic (exact) mass is 716 g/mol. The average Bonchev–Trinajstić information content (AvgIpc) is 3.19. The molecule has 10 atom stereocenters. The topological polar surface area (TPSA) is 135 Å². The quantitative estimate of drug-likeness (QED) is 0.146. The van der Waals surface area contributed by atoms with Crippen LogP contribution in [0.1, 0.15) is 22.3 Å². The molecule has 0 radical (unpaired) electrons. The van der Waals surface area contributed by atoms with E-state index in [9.17, 15) is 15.3 Å². The van der Waals surface area contributed by atoms with Crippen molar-refractivity contribution in [3.05, 3.63) is 144 Å². The Bertz CT molecular complexity index is 1560. The summed E-state index contributed by atoms with van der Waals surface area (Å²) in [7, 11) is 1.35. The molecule has 6 rings (SSSR count). The highest BCUT2D eigenvalue weighted by Crippen LogP contribution is 2.32. The summed E-state index contributed by atoms with van der Waals surface area (Å²) in [5, 5.41) is 31.7. The van der Waals surface area contributed by atoms with Crippen molar-refractivity contribution in [1.29, 1.82) is 0 Å². The summed E-state index contributed by atoms with van der Waals surface area (Å²) in [4.78, 5) is 0. The van der Waals surface area contributed by atoms with E-state index in [2.05, 4.69) is 0 Å². The zero-order valence-corrected chi connectivity index (χ0v) is 29.2. The highest BCUT2D eigenvalue weighted by molar-refractivity contribution is 5.16. The van der Waals surface area contributed by atoms with Crippen LogP contribution in [-0.2, 0) is 64.3 Å². The van der Waals surface area contributed by atoms with Crippen LogP contribution >= 0.6 is 0 Å². The Kier molecular flexibility index (Phi) is 14.3. The van der Waals surface area contributed by atoms with Gasteiger partial charge in [-0.1, -0.05) is 121 Å². The average molecular weight is 717 g/mol. The molecule has 3 N–H and O–H groups in total. The van der Waals surface area contributed by atoms with Gasteiger partial charge in [-0.15, -0.1) is 0 Å². The molecule has 0 aromatic heterocycles. The molecule has 0 unspecified atom stereocenters. The Labute approximate surface area is 304 Å². The third-order valence-corrected chi connectivity index (χ3v) is 9.17. The molecule has 11 nitrogen and oxygen atoms in total. The second kappa shape index (κ2) is 19.5. The molecule has 4 aromatic carbocycles. The van der Waals surface area contributed by atoms with Gasteiger partial charge in [-0.3, -0.25) is 0 Å². The number of ether oxygens (including phenoxy) is 8. The highest BCUT2D eigenvalue weighted by Gasteiger charge is 2.50. The number of aliphatic hydroxyl groups excluding tert-OH is 3. The summed E-state index contributed by atoms with van der Waals surface area (Å²) < 4.78 is 50.3. The number of benzene rings is 4. The molecule has 0 aliphatic carbocycles. The van der Waals surface area contributed by atoms with Gasteiger partial charge in [0.25, 0.3) is 0 Å². The summed E-state index contributed by atoms with van der Waals surface area (Å²) in [5.74, 6) is 0. The van der Waals surface area contributed by atoms with E-state index in [0.717, 1.165) is 22.3 Å². The van der Waals surface area contributed by atoms with Crippen LogP contribution in [0.25, 0.3) is 0 Å². The Balaban J connectivity index is 1.30. The summed E-state index contributed by atoms with van der Waals surface area (Å²) >= 11 is 0. The van der Waals surface area contributed by atoms with Crippen LogP contribution in [0.2, 0.25) is 0 Å². The Hall–Kier alpha value is -3.56. The van der Waals surface area contributed by atoms with Crippen molar-refractivity contribution < 1.29 is 53.2 Å². The van der Waals surface area contributed by atoms with Crippen LogP contribution in [0.5, 0.6) is 0 Å². The van der Waals surface area contributed by atoms with Crippen molar-refractivity contribution in [1.82, 2.24) is 0 Å². The molecule has 2 heterocycles. The van der Waals surface area contributed by atoms with E-state index in [1.165, 1.54) is 7.11 Å².